The van der Waals surface area contributed by atoms with E-state index in [1.54, 1.807) is 12.4 Å². The van der Waals surface area contributed by atoms with Gasteiger partial charge in [0.05, 0.1) is 19.8 Å². The first-order valence-corrected chi connectivity index (χ1v) is 7.01. The molecule has 0 atom stereocenters. The summed E-state index contributed by atoms with van der Waals surface area (Å²) in [6.07, 6.45) is 3.50. The Morgan fingerprint density at radius 3 is 2.80 bits per heavy atom. The van der Waals surface area contributed by atoms with Crippen molar-refractivity contribution in [1.29, 1.82) is 0 Å². The van der Waals surface area contributed by atoms with Crippen molar-refractivity contribution >= 4 is 5.91 Å². The quantitative estimate of drug-likeness (QED) is 0.712. The summed E-state index contributed by atoms with van der Waals surface area (Å²) in [4.78, 5) is 17.9. The van der Waals surface area contributed by atoms with Crippen LogP contribution in [0.5, 0.6) is 0 Å². The number of hydrogen-bond acceptors (Lipinski definition) is 5. The molecule has 6 heteroatoms. The number of morpholine rings is 1. The Morgan fingerprint density at radius 2 is 2.05 bits per heavy atom. The van der Waals surface area contributed by atoms with E-state index in [-0.39, 0.29) is 5.91 Å². The Hall–Kier alpha value is -1.50. The Balaban J connectivity index is 1.52. The summed E-state index contributed by atoms with van der Waals surface area (Å²) in [6.45, 7) is 6.09. The van der Waals surface area contributed by atoms with Gasteiger partial charge in [-0.2, -0.15) is 0 Å². The van der Waals surface area contributed by atoms with Gasteiger partial charge in [0, 0.05) is 45.1 Å². The Labute approximate surface area is 119 Å². The lowest BCUT2D eigenvalue weighted by atomic mass is 10.3. The van der Waals surface area contributed by atoms with E-state index in [0.717, 1.165) is 38.4 Å². The van der Waals surface area contributed by atoms with E-state index in [9.17, 15) is 4.79 Å². The third-order valence-electron chi connectivity index (χ3n) is 3.22. The Morgan fingerprint density at radius 1 is 1.30 bits per heavy atom. The third kappa shape index (κ3) is 5.64. The molecular formula is C14H22N4O2. The first kappa shape index (κ1) is 14.9. The number of aromatic nitrogens is 1. The molecule has 1 amide bonds. The fourth-order valence-electron chi connectivity index (χ4n) is 2.06. The lowest BCUT2D eigenvalue weighted by Gasteiger charge is -2.26. The van der Waals surface area contributed by atoms with Gasteiger partial charge in [-0.15, -0.1) is 0 Å². The number of pyridine rings is 1. The molecule has 1 saturated heterocycles. The second kappa shape index (κ2) is 8.63. The number of ether oxygens (including phenoxy) is 1. The molecule has 0 unspecified atom stereocenters. The van der Waals surface area contributed by atoms with Crippen molar-refractivity contribution in [3.63, 3.8) is 0 Å². The lowest BCUT2D eigenvalue weighted by Crippen LogP contribution is -2.42. The predicted molar refractivity (Wildman–Crippen MR) is 76.2 cm³/mol. The SMILES string of the molecule is O=C(CNCc1ccncc1)NCCN1CCOCC1. The zero-order valence-corrected chi connectivity index (χ0v) is 11.7. The molecule has 0 aromatic carbocycles. The number of nitrogens with one attached hydrogen (secondary N) is 2. The molecule has 6 nitrogen and oxygen atoms in total. The number of carbonyl (C=O) groups is 1. The van der Waals surface area contributed by atoms with Gasteiger partial charge >= 0.3 is 0 Å². The average molecular weight is 278 g/mol. The molecule has 1 aromatic heterocycles. The standard InChI is InChI=1S/C14H22N4O2/c19-14(12-16-11-13-1-3-15-4-2-13)17-5-6-18-7-9-20-10-8-18/h1-4,16H,5-12H2,(H,17,19). The van der Waals surface area contributed by atoms with Crippen LogP contribution in [-0.2, 0) is 16.1 Å². The summed E-state index contributed by atoms with van der Waals surface area (Å²) in [5, 5.41) is 6.04. The topological polar surface area (TPSA) is 66.5 Å². The van der Waals surface area contributed by atoms with Gasteiger partial charge < -0.3 is 15.4 Å². The van der Waals surface area contributed by atoms with Crippen molar-refractivity contribution in [3.8, 4) is 0 Å². The van der Waals surface area contributed by atoms with Crippen LogP contribution in [0.15, 0.2) is 24.5 Å². The van der Waals surface area contributed by atoms with Crippen molar-refractivity contribution in [2.24, 2.45) is 0 Å². The summed E-state index contributed by atoms with van der Waals surface area (Å²) in [5.41, 5.74) is 1.13. The van der Waals surface area contributed by atoms with Crippen LogP contribution in [0.25, 0.3) is 0 Å². The van der Waals surface area contributed by atoms with Gasteiger partial charge in [0.2, 0.25) is 5.91 Å². The van der Waals surface area contributed by atoms with Crippen LogP contribution in [0.1, 0.15) is 5.56 Å². The molecule has 1 aliphatic rings. The number of amides is 1. The minimum Gasteiger partial charge on any atom is -0.379 e. The number of nitrogens with zero attached hydrogens (tertiary/aromatic N) is 2. The van der Waals surface area contributed by atoms with E-state index in [1.165, 1.54) is 0 Å². The molecule has 0 bridgehead atoms. The van der Waals surface area contributed by atoms with Crippen LogP contribution in [0, 0.1) is 0 Å². The molecule has 1 aromatic rings. The summed E-state index contributed by atoms with van der Waals surface area (Å²) >= 11 is 0. The number of rotatable bonds is 7. The Bertz CT molecular complexity index is 393. The van der Waals surface area contributed by atoms with E-state index in [1.807, 2.05) is 12.1 Å². The fraction of sp³-hybridized carbons (Fsp3) is 0.571. The molecule has 2 heterocycles. The van der Waals surface area contributed by atoms with Crippen LogP contribution in [0.3, 0.4) is 0 Å². The maximum atomic E-state index is 11.6. The van der Waals surface area contributed by atoms with Crippen molar-refractivity contribution in [1.82, 2.24) is 20.5 Å². The van der Waals surface area contributed by atoms with Gasteiger partial charge in [-0.1, -0.05) is 0 Å². The minimum atomic E-state index is 0.0346. The van der Waals surface area contributed by atoms with Gasteiger partial charge in [0.1, 0.15) is 0 Å². The second-order valence-electron chi connectivity index (χ2n) is 4.76. The molecule has 20 heavy (non-hydrogen) atoms. The summed E-state index contributed by atoms with van der Waals surface area (Å²) < 4.78 is 5.28. The highest BCUT2D eigenvalue weighted by Gasteiger charge is 2.09. The average Bonchev–Trinajstić information content (AvgIpc) is 2.49. The van der Waals surface area contributed by atoms with Gasteiger partial charge in [0.25, 0.3) is 0 Å². The molecule has 1 fully saturated rings. The number of hydrogen-bond donors (Lipinski definition) is 2. The molecular weight excluding hydrogens is 256 g/mol. The molecule has 0 saturated carbocycles. The van der Waals surface area contributed by atoms with Gasteiger partial charge in [-0.3, -0.25) is 14.7 Å². The molecule has 110 valence electrons. The molecule has 0 radical (unpaired) electrons. The van der Waals surface area contributed by atoms with Crippen LogP contribution >= 0.6 is 0 Å². The highest BCUT2D eigenvalue weighted by molar-refractivity contribution is 5.77. The van der Waals surface area contributed by atoms with Gasteiger partial charge in [-0.05, 0) is 17.7 Å². The van der Waals surface area contributed by atoms with Crippen molar-refractivity contribution in [2.45, 2.75) is 6.54 Å². The van der Waals surface area contributed by atoms with Crippen molar-refractivity contribution in [2.75, 3.05) is 45.9 Å². The highest BCUT2D eigenvalue weighted by atomic mass is 16.5. The summed E-state index contributed by atoms with van der Waals surface area (Å²) in [6, 6.07) is 3.87. The van der Waals surface area contributed by atoms with Crippen LogP contribution in [0.4, 0.5) is 0 Å². The van der Waals surface area contributed by atoms with Crippen LogP contribution < -0.4 is 10.6 Å². The first-order chi connectivity index (χ1) is 9.84. The smallest absolute Gasteiger partial charge is 0.234 e. The van der Waals surface area contributed by atoms with E-state index in [0.29, 0.717) is 19.6 Å². The van der Waals surface area contributed by atoms with E-state index >= 15 is 0 Å². The molecule has 2 N–H and O–H groups in total. The minimum absolute atomic E-state index is 0.0346. The second-order valence-corrected chi connectivity index (χ2v) is 4.76. The maximum Gasteiger partial charge on any atom is 0.234 e. The van der Waals surface area contributed by atoms with E-state index < -0.39 is 0 Å². The van der Waals surface area contributed by atoms with Crippen LogP contribution in [-0.4, -0.2) is 61.7 Å². The molecule has 0 aliphatic carbocycles. The number of carbonyl (C=O) groups excluding carboxylic acids is 1. The Kier molecular flexibility index (Phi) is 6.43. The fourth-order valence-corrected chi connectivity index (χ4v) is 2.06. The summed E-state index contributed by atoms with van der Waals surface area (Å²) in [5.74, 6) is 0.0346. The highest BCUT2D eigenvalue weighted by Crippen LogP contribution is 1.95. The zero-order chi connectivity index (χ0) is 14.0. The largest absolute Gasteiger partial charge is 0.379 e. The van der Waals surface area contributed by atoms with Crippen molar-refractivity contribution in [3.05, 3.63) is 30.1 Å². The zero-order valence-electron chi connectivity index (χ0n) is 11.7. The maximum absolute atomic E-state index is 11.6. The van der Waals surface area contributed by atoms with Gasteiger partial charge in [0.15, 0.2) is 0 Å². The van der Waals surface area contributed by atoms with Crippen LogP contribution in [0.2, 0.25) is 0 Å². The normalized spacial score (nSPS) is 16.0. The van der Waals surface area contributed by atoms with E-state index in [4.69, 9.17) is 4.74 Å². The van der Waals surface area contributed by atoms with Crippen molar-refractivity contribution < 1.29 is 9.53 Å². The summed E-state index contributed by atoms with van der Waals surface area (Å²) in [7, 11) is 0. The predicted octanol–water partition coefficient (Wildman–Crippen LogP) is -0.380. The lowest BCUT2D eigenvalue weighted by molar-refractivity contribution is -0.120. The van der Waals surface area contributed by atoms with E-state index in [2.05, 4.69) is 20.5 Å². The molecule has 0 spiro atoms. The van der Waals surface area contributed by atoms with Gasteiger partial charge in [-0.25, -0.2) is 0 Å². The molecule has 1 aliphatic heterocycles. The first-order valence-electron chi connectivity index (χ1n) is 7.01. The molecule has 2 rings (SSSR count). The third-order valence-corrected chi connectivity index (χ3v) is 3.22. The monoisotopic (exact) mass is 278 g/mol.